The number of hydrogen-bond donors (Lipinski definition) is 4. The van der Waals surface area contributed by atoms with Crippen molar-refractivity contribution in [3.63, 3.8) is 0 Å². The number of esters is 2. The molecule has 13 heteroatoms. The van der Waals surface area contributed by atoms with Crippen LogP contribution in [0.5, 0.6) is 0 Å². The van der Waals surface area contributed by atoms with Crippen LogP contribution in [-0.2, 0) is 30.4 Å². The lowest BCUT2D eigenvalue weighted by Crippen LogP contribution is -2.42. The molecule has 1 aromatic carbocycles. The van der Waals surface area contributed by atoms with Gasteiger partial charge in [0.2, 0.25) is 11.9 Å². The van der Waals surface area contributed by atoms with Gasteiger partial charge in [-0.25, -0.2) is 14.8 Å². The average Bonchev–Trinajstić information content (AvgIpc) is 2.94. The number of rotatable bonds is 12. The zero-order chi connectivity index (χ0) is 30.9. The Morgan fingerprint density at radius 1 is 0.952 bits per heavy atom. The first-order valence-corrected chi connectivity index (χ1v) is 13.6. The van der Waals surface area contributed by atoms with Crippen molar-refractivity contribution in [2.45, 2.75) is 60.0 Å². The van der Waals surface area contributed by atoms with Gasteiger partial charge in [-0.05, 0) is 56.7 Å². The predicted octanol–water partition coefficient (Wildman–Crippen LogP) is 2.92. The number of benzene rings is 1. The minimum Gasteiger partial charge on any atom is -0.466 e. The van der Waals surface area contributed by atoms with Crippen LogP contribution in [0.4, 0.5) is 11.6 Å². The van der Waals surface area contributed by atoms with Crippen molar-refractivity contribution in [3.8, 4) is 0 Å². The Balaban J connectivity index is 1.63. The van der Waals surface area contributed by atoms with Crippen LogP contribution < -0.4 is 21.5 Å². The number of ether oxygens (including phenoxy) is 2. The lowest BCUT2D eigenvalue weighted by atomic mass is 9.96. The minimum atomic E-state index is -0.998. The Labute approximate surface area is 242 Å². The maximum atomic E-state index is 12.8. The van der Waals surface area contributed by atoms with E-state index in [1.807, 2.05) is 0 Å². The number of H-pyrrole nitrogens is 1. The van der Waals surface area contributed by atoms with Gasteiger partial charge in [0, 0.05) is 23.1 Å². The summed E-state index contributed by atoms with van der Waals surface area (Å²) in [6.07, 6.45) is 0.00709. The molecule has 2 heterocycles. The van der Waals surface area contributed by atoms with Gasteiger partial charge in [-0.3, -0.25) is 29.5 Å². The zero-order valence-electron chi connectivity index (χ0n) is 24.3. The van der Waals surface area contributed by atoms with E-state index in [1.54, 1.807) is 71.0 Å². The smallest absolute Gasteiger partial charge is 0.328 e. The number of carbonyl (C=O) groups is 4. The Morgan fingerprint density at radius 3 is 2.29 bits per heavy atom. The largest absolute Gasteiger partial charge is 0.466 e. The second-order valence-electron chi connectivity index (χ2n) is 10.3. The fraction of sp³-hybridized carbons (Fsp3) is 0.414. The van der Waals surface area contributed by atoms with Crippen LogP contribution in [-0.4, -0.2) is 58.0 Å². The summed E-state index contributed by atoms with van der Waals surface area (Å²) in [6.45, 7) is 9.24. The van der Waals surface area contributed by atoms with Gasteiger partial charge >= 0.3 is 11.9 Å². The number of nitrogens with zero attached hydrogens (tertiary/aromatic N) is 2. The second kappa shape index (κ2) is 14.2. The lowest BCUT2D eigenvalue weighted by molar-refractivity contribution is -0.146. The number of nitrogens with one attached hydrogen (secondary N) is 4. The van der Waals surface area contributed by atoms with E-state index in [9.17, 15) is 24.0 Å². The maximum absolute atomic E-state index is 12.8. The maximum Gasteiger partial charge on any atom is 0.328 e. The average molecular weight is 581 g/mol. The molecule has 0 radical (unpaired) electrons. The van der Waals surface area contributed by atoms with Crippen molar-refractivity contribution in [3.05, 3.63) is 58.0 Å². The summed E-state index contributed by atoms with van der Waals surface area (Å²) in [5, 5.41) is 8.41. The van der Waals surface area contributed by atoms with Crippen molar-refractivity contribution >= 4 is 46.4 Å². The highest BCUT2D eigenvalue weighted by molar-refractivity contribution is 5.97. The number of pyridine rings is 1. The molecule has 0 spiro atoms. The summed E-state index contributed by atoms with van der Waals surface area (Å²) >= 11 is 0. The molecule has 13 nitrogen and oxygen atoms in total. The number of aromatic amines is 1. The van der Waals surface area contributed by atoms with E-state index in [0.717, 1.165) is 0 Å². The van der Waals surface area contributed by atoms with Gasteiger partial charge in [-0.1, -0.05) is 20.8 Å². The van der Waals surface area contributed by atoms with Crippen molar-refractivity contribution in [1.29, 1.82) is 0 Å². The van der Waals surface area contributed by atoms with E-state index >= 15 is 0 Å². The van der Waals surface area contributed by atoms with E-state index in [1.165, 1.54) is 0 Å². The van der Waals surface area contributed by atoms with Crippen LogP contribution in [0, 0.1) is 5.41 Å². The summed E-state index contributed by atoms with van der Waals surface area (Å²) in [7, 11) is 0. The quantitative estimate of drug-likeness (QED) is 0.233. The Hall–Kier alpha value is -4.81. The van der Waals surface area contributed by atoms with E-state index < -0.39 is 34.9 Å². The monoisotopic (exact) mass is 580 g/mol. The van der Waals surface area contributed by atoms with E-state index in [-0.39, 0.29) is 50.0 Å². The summed E-state index contributed by atoms with van der Waals surface area (Å²) in [4.78, 5) is 72.8. The molecule has 2 amide bonds. The first kappa shape index (κ1) is 31.7. The lowest BCUT2D eigenvalue weighted by Gasteiger charge is -2.17. The van der Waals surface area contributed by atoms with Crippen molar-refractivity contribution in [2.24, 2.45) is 5.41 Å². The van der Waals surface area contributed by atoms with Gasteiger partial charge < -0.3 is 20.1 Å². The number of anilines is 2. The molecule has 0 aliphatic carbocycles. The van der Waals surface area contributed by atoms with Gasteiger partial charge in [-0.15, -0.1) is 0 Å². The molecule has 0 aliphatic rings. The fourth-order valence-corrected chi connectivity index (χ4v) is 3.68. The van der Waals surface area contributed by atoms with Crippen molar-refractivity contribution < 1.29 is 28.7 Å². The molecular formula is C29H36N6O7. The second-order valence-corrected chi connectivity index (χ2v) is 10.3. The van der Waals surface area contributed by atoms with E-state index in [4.69, 9.17) is 9.47 Å². The van der Waals surface area contributed by atoms with Crippen LogP contribution in [0.1, 0.15) is 63.5 Å². The molecule has 3 aromatic rings. The highest BCUT2D eigenvalue weighted by Crippen LogP contribution is 2.17. The number of aromatic nitrogens is 3. The van der Waals surface area contributed by atoms with Gasteiger partial charge in [-0.2, -0.15) is 0 Å². The predicted molar refractivity (Wildman–Crippen MR) is 156 cm³/mol. The van der Waals surface area contributed by atoms with Crippen LogP contribution in [0.25, 0.3) is 11.0 Å². The van der Waals surface area contributed by atoms with E-state index in [2.05, 4.69) is 30.9 Å². The topological polar surface area (TPSA) is 181 Å². The molecule has 4 N–H and O–H groups in total. The third-order valence-corrected chi connectivity index (χ3v) is 5.96. The molecule has 0 aliphatic heterocycles. The zero-order valence-corrected chi connectivity index (χ0v) is 24.3. The van der Waals surface area contributed by atoms with E-state index in [0.29, 0.717) is 22.5 Å². The van der Waals surface area contributed by atoms with Crippen molar-refractivity contribution in [2.75, 3.05) is 23.8 Å². The van der Waals surface area contributed by atoms with Crippen LogP contribution in [0.3, 0.4) is 0 Å². The molecule has 0 saturated heterocycles. The Morgan fingerprint density at radius 2 is 1.64 bits per heavy atom. The Bertz CT molecular complexity index is 1500. The highest BCUT2D eigenvalue weighted by atomic mass is 16.5. The van der Waals surface area contributed by atoms with Gasteiger partial charge in [0.05, 0.1) is 31.0 Å². The van der Waals surface area contributed by atoms with Gasteiger partial charge in [0.1, 0.15) is 6.04 Å². The van der Waals surface area contributed by atoms with Gasteiger partial charge in [0.15, 0.2) is 5.52 Å². The minimum absolute atomic E-state index is 0.0415. The molecule has 0 bridgehead atoms. The summed E-state index contributed by atoms with van der Waals surface area (Å²) in [6, 6.07) is 8.91. The highest BCUT2D eigenvalue weighted by Gasteiger charge is 2.24. The molecule has 42 heavy (non-hydrogen) atoms. The number of fused-ring (bicyclic) bond motifs is 1. The fourth-order valence-electron chi connectivity index (χ4n) is 3.68. The molecule has 224 valence electrons. The molecule has 1 atom stereocenters. The number of amides is 2. The molecule has 0 saturated carbocycles. The third kappa shape index (κ3) is 8.85. The normalized spacial score (nSPS) is 11.8. The number of carbonyl (C=O) groups excluding carboxylic acids is 4. The molecule has 3 rings (SSSR count). The third-order valence-electron chi connectivity index (χ3n) is 5.96. The van der Waals surface area contributed by atoms with Crippen LogP contribution >= 0.6 is 0 Å². The summed E-state index contributed by atoms with van der Waals surface area (Å²) < 4.78 is 9.92. The Kier molecular flexibility index (Phi) is 10.7. The standard InChI is InChI=1S/C29H36N6O7/c1-6-41-22(36)15-14-21(26(39)42-7-2)32-24(37)17-8-10-18(11-9-17)30-16-19-12-13-20-23(31-19)25(38)34-28(33-20)35-27(40)29(3,4)5/h8-13,21,30H,6-7,14-16H2,1-5H3,(H,32,37)(H2,33,34,35,38,40)/t21-/m0/s1. The van der Waals surface area contributed by atoms with Crippen LogP contribution in [0.2, 0.25) is 0 Å². The number of hydrogen-bond acceptors (Lipinski definition) is 10. The first-order chi connectivity index (χ1) is 19.9. The summed E-state index contributed by atoms with van der Waals surface area (Å²) in [5.41, 5.74) is 0.901. The molecule has 2 aromatic heterocycles. The molecular weight excluding hydrogens is 544 g/mol. The SMILES string of the molecule is CCOC(=O)CC[C@H](NC(=O)c1ccc(NCc2ccc3nc(NC(=O)C(C)(C)C)[nH]c(=O)c3n2)cc1)C(=O)OCC. The first-order valence-electron chi connectivity index (χ1n) is 13.6. The van der Waals surface area contributed by atoms with Crippen LogP contribution in [0.15, 0.2) is 41.2 Å². The van der Waals surface area contributed by atoms with Gasteiger partial charge in [0.25, 0.3) is 11.5 Å². The molecule has 0 fully saturated rings. The molecule has 0 unspecified atom stereocenters. The summed E-state index contributed by atoms with van der Waals surface area (Å²) in [5.74, 6) is -1.82. The van der Waals surface area contributed by atoms with Crippen molar-refractivity contribution in [1.82, 2.24) is 20.3 Å².